The average molecular weight is 282 g/mol. The van der Waals surface area contributed by atoms with Crippen molar-refractivity contribution in [3.8, 4) is 0 Å². The number of H-pyrrole nitrogens is 1. The van der Waals surface area contributed by atoms with Crippen LogP contribution in [0.25, 0.3) is 11.0 Å². The first-order valence-electron chi connectivity index (χ1n) is 5.22. The fraction of sp³-hybridized carbons (Fsp3) is 0.364. The van der Waals surface area contributed by atoms with E-state index in [1.54, 1.807) is 0 Å². The first-order valence-corrected chi connectivity index (χ1v) is 6.02. The minimum atomic E-state index is 0.0454. The summed E-state index contributed by atoms with van der Waals surface area (Å²) < 4.78 is 6.39. The van der Waals surface area contributed by atoms with E-state index in [4.69, 9.17) is 10.5 Å². The van der Waals surface area contributed by atoms with Crippen molar-refractivity contribution < 1.29 is 4.74 Å². The monoisotopic (exact) mass is 281 g/mol. The van der Waals surface area contributed by atoms with Gasteiger partial charge in [-0.05, 0) is 18.2 Å². The molecule has 0 radical (unpaired) electrons. The molecule has 5 heteroatoms. The fourth-order valence-electron chi connectivity index (χ4n) is 2.03. The number of hydrogen-bond donors (Lipinski definition) is 2. The van der Waals surface area contributed by atoms with Crippen LogP contribution in [0.3, 0.4) is 0 Å². The molecular weight excluding hydrogens is 270 g/mol. The molecule has 0 saturated carbocycles. The summed E-state index contributed by atoms with van der Waals surface area (Å²) >= 11 is 3.44. The van der Waals surface area contributed by atoms with E-state index in [-0.39, 0.29) is 12.0 Å². The van der Waals surface area contributed by atoms with Crippen molar-refractivity contribution in [3.05, 3.63) is 28.5 Å². The third-order valence-corrected chi connectivity index (χ3v) is 3.43. The Labute approximate surface area is 101 Å². The third-order valence-electron chi connectivity index (χ3n) is 2.94. The summed E-state index contributed by atoms with van der Waals surface area (Å²) in [4.78, 5) is 7.86. The van der Waals surface area contributed by atoms with Gasteiger partial charge in [-0.1, -0.05) is 15.9 Å². The van der Waals surface area contributed by atoms with Crippen LogP contribution >= 0.6 is 15.9 Å². The number of nitrogens with one attached hydrogen (secondary N) is 1. The molecule has 3 rings (SSSR count). The van der Waals surface area contributed by atoms with Crippen molar-refractivity contribution in [2.24, 2.45) is 5.73 Å². The maximum Gasteiger partial charge on any atom is 0.114 e. The van der Waals surface area contributed by atoms with Crippen LogP contribution in [0.5, 0.6) is 0 Å². The fourth-order valence-corrected chi connectivity index (χ4v) is 2.39. The molecule has 84 valence electrons. The van der Waals surface area contributed by atoms with Crippen LogP contribution in [0.2, 0.25) is 0 Å². The summed E-state index contributed by atoms with van der Waals surface area (Å²) in [6, 6.07) is 6.04. The van der Waals surface area contributed by atoms with Gasteiger partial charge in [0, 0.05) is 10.5 Å². The standard InChI is InChI=1S/C11H12BrN3O/c12-6-1-2-9-10(3-6)15-11(14-9)7-4-16-5-8(7)13/h1-3,7-8H,4-5,13H2,(H,14,15). The number of imidazole rings is 1. The third kappa shape index (κ3) is 1.65. The van der Waals surface area contributed by atoms with Gasteiger partial charge in [0.2, 0.25) is 0 Å². The predicted molar refractivity (Wildman–Crippen MR) is 65.3 cm³/mol. The summed E-state index contributed by atoms with van der Waals surface area (Å²) in [6.07, 6.45) is 0. The molecule has 2 unspecified atom stereocenters. The van der Waals surface area contributed by atoms with E-state index in [2.05, 4.69) is 25.9 Å². The lowest BCUT2D eigenvalue weighted by atomic mass is 10.0. The molecule has 4 nitrogen and oxygen atoms in total. The number of nitrogens with zero attached hydrogens (tertiary/aromatic N) is 1. The highest BCUT2D eigenvalue weighted by molar-refractivity contribution is 9.10. The number of aromatic amines is 1. The largest absolute Gasteiger partial charge is 0.379 e. The molecular formula is C11H12BrN3O. The quantitative estimate of drug-likeness (QED) is 0.837. The van der Waals surface area contributed by atoms with Crippen LogP contribution in [-0.2, 0) is 4.74 Å². The zero-order chi connectivity index (χ0) is 11.1. The van der Waals surface area contributed by atoms with Gasteiger partial charge in [-0.15, -0.1) is 0 Å². The number of fused-ring (bicyclic) bond motifs is 1. The Bertz CT molecular complexity index is 525. The molecule has 2 atom stereocenters. The molecule has 1 aliphatic heterocycles. The molecule has 1 aromatic heterocycles. The van der Waals surface area contributed by atoms with Crippen LogP contribution < -0.4 is 5.73 Å². The maximum atomic E-state index is 5.97. The van der Waals surface area contributed by atoms with E-state index in [1.165, 1.54) is 0 Å². The van der Waals surface area contributed by atoms with Crippen molar-refractivity contribution in [3.63, 3.8) is 0 Å². The van der Waals surface area contributed by atoms with E-state index in [9.17, 15) is 0 Å². The van der Waals surface area contributed by atoms with E-state index >= 15 is 0 Å². The molecule has 0 amide bonds. The molecule has 2 aromatic rings. The summed E-state index contributed by atoms with van der Waals surface area (Å²) in [7, 11) is 0. The van der Waals surface area contributed by atoms with Crippen LogP contribution in [-0.4, -0.2) is 29.2 Å². The Morgan fingerprint density at radius 1 is 1.44 bits per heavy atom. The lowest BCUT2D eigenvalue weighted by Gasteiger charge is -2.08. The molecule has 0 bridgehead atoms. The molecule has 3 N–H and O–H groups in total. The zero-order valence-electron chi connectivity index (χ0n) is 8.61. The molecule has 0 aliphatic carbocycles. The van der Waals surface area contributed by atoms with Crippen LogP contribution in [0.15, 0.2) is 22.7 Å². The number of aromatic nitrogens is 2. The Morgan fingerprint density at radius 2 is 2.31 bits per heavy atom. The van der Waals surface area contributed by atoms with E-state index in [0.29, 0.717) is 13.2 Å². The Morgan fingerprint density at radius 3 is 3.06 bits per heavy atom. The van der Waals surface area contributed by atoms with Gasteiger partial charge in [-0.2, -0.15) is 0 Å². The van der Waals surface area contributed by atoms with Crippen molar-refractivity contribution in [2.75, 3.05) is 13.2 Å². The van der Waals surface area contributed by atoms with Gasteiger partial charge in [-0.25, -0.2) is 4.98 Å². The highest BCUT2D eigenvalue weighted by atomic mass is 79.9. The van der Waals surface area contributed by atoms with E-state index < -0.39 is 0 Å². The van der Waals surface area contributed by atoms with Gasteiger partial charge < -0.3 is 15.5 Å². The Balaban J connectivity index is 2.04. The second-order valence-corrected chi connectivity index (χ2v) is 5.01. The topological polar surface area (TPSA) is 63.9 Å². The number of nitrogens with two attached hydrogens (primary N) is 1. The van der Waals surface area contributed by atoms with Gasteiger partial charge in [0.1, 0.15) is 5.82 Å². The predicted octanol–water partition coefficient (Wildman–Crippen LogP) is 1.77. The highest BCUT2D eigenvalue weighted by Gasteiger charge is 2.28. The Hall–Kier alpha value is -0.910. The molecule has 1 aromatic carbocycles. The zero-order valence-corrected chi connectivity index (χ0v) is 10.2. The summed E-state index contributed by atoms with van der Waals surface area (Å²) in [6.45, 7) is 1.27. The minimum absolute atomic E-state index is 0.0454. The molecule has 1 aliphatic rings. The highest BCUT2D eigenvalue weighted by Crippen LogP contribution is 2.25. The van der Waals surface area contributed by atoms with Crippen LogP contribution in [0.4, 0.5) is 0 Å². The number of hydrogen-bond acceptors (Lipinski definition) is 3. The minimum Gasteiger partial charge on any atom is -0.379 e. The van der Waals surface area contributed by atoms with Crippen molar-refractivity contribution >= 4 is 27.0 Å². The molecule has 1 saturated heterocycles. The van der Waals surface area contributed by atoms with Gasteiger partial charge in [0.25, 0.3) is 0 Å². The lowest BCUT2D eigenvalue weighted by molar-refractivity contribution is 0.190. The maximum absolute atomic E-state index is 5.97. The normalized spacial score (nSPS) is 25.4. The van der Waals surface area contributed by atoms with Gasteiger partial charge >= 0.3 is 0 Å². The van der Waals surface area contributed by atoms with E-state index in [1.807, 2.05) is 18.2 Å². The number of rotatable bonds is 1. The van der Waals surface area contributed by atoms with Gasteiger partial charge in [-0.3, -0.25) is 0 Å². The second-order valence-electron chi connectivity index (χ2n) is 4.09. The van der Waals surface area contributed by atoms with Gasteiger partial charge in [0.05, 0.1) is 30.2 Å². The van der Waals surface area contributed by atoms with E-state index in [0.717, 1.165) is 21.3 Å². The van der Waals surface area contributed by atoms with Crippen LogP contribution in [0, 0.1) is 0 Å². The summed E-state index contributed by atoms with van der Waals surface area (Å²) in [5, 5.41) is 0. The summed E-state index contributed by atoms with van der Waals surface area (Å²) in [5.41, 5.74) is 7.97. The first-order chi connectivity index (χ1) is 7.74. The number of benzene rings is 1. The molecule has 0 spiro atoms. The number of halogens is 1. The van der Waals surface area contributed by atoms with Crippen molar-refractivity contribution in [2.45, 2.75) is 12.0 Å². The molecule has 16 heavy (non-hydrogen) atoms. The van der Waals surface area contributed by atoms with Crippen molar-refractivity contribution in [1.29, 1.82) is 0 Å². The molecule has 1 fully saturated rings. The van der Waals surface area contributed by atoms with Crippen molar-refractivity contribution in [1.82, 2.24) is 9.97 Å². The van der Waals surface area contributed by atoms with Crippen LogP contribution in [0.1, 0.15) is 11.7 Å². The number of ether oxygens (including phenoxy) is 1. The average Bonchev–Trinajstić information content (AvgIpc) is 2.82. The van der Waals surface area contributed by atoms with Gasteiger partial charge in [0.15, 0.2) is 0 Å². The SMILES string of the molecule is NC1COCC1c1nc2ccc(Br)cc2[nH]1. The summed E-state index contributed by atoms with van der Waals surface area (Å²) in [5.74, 6) is 1.12. The lowest BCUT2D eigenvalue weighted by Crippen LogP contribution is -2.27. The smallest absolute Gasteiger partial charge is 0.114 e. The molecule has 2 heterocycles. The second kappa shape index (κ2) is 3.84. The first kappa shape index (κ1) is 10.3. The Kier molecular flexibility index (Phi) is 2.46.